The van der Waals surface area contributed by atoms with Gasteiger partial charge in [0.1, 0.15) is 9.98 Å². The van der Waals surface area contributed by atoms with Crippen LogP contribution in [0.3, 0.4) is 0 Å². The number of fused-ring (bicyclic) bond motifs is 1. The van der Waals surface area contributed by atoms with E-state index in [0.717, 1.165) is 24.7 Å². The van der Waals surface area contributed by atoms with Crippen molar-refractivity contribution >= 4 is 51.1 Å². The van der Waals surface area contributed by atoms with E-state index < -0.39 is 0 Å². The number of nitrogens with two attached hydrogens (primary N) is 1. The minimum absolute atomic E-state index is 0.405. The van der Waals surface area contributed by atoms with E-state index >= 15 is 0 Å². The van der Waals surface area contributed by atoms with Gasteiger partial charge in [-0.25, -0.2) is 15.0 Å². The molecule has 0 atom stereocenters. The van der Waals surface area contributed by atoms with Crippen molar-refractivity contribution in [2.24, 2.45) is 0 Å². The minimum Gasteiger partial charge on any atom is -0.397 e. The van der Waals surface area contributed by atoms with E-state index in [0.29, 0.717) is 43.6 Å². The monoisotopic (exact) mass is 345 g/mol. The number of halogens is 1. The molecular weight excluding hydrogens is 334 g/mol. The fraction of sp³-hybridized carbons (Fsp3) is 0.200. The van der Waals surface area contributed by atoms with E-state index in [1.807, 2.05) is 6.07 Å². The van der Waals surface area contributed by atoms with Crippen LogP contribution in [-0.2, 0) is 0 Å². The highest BCUT2D eigenvalue weighted by Gasteiger charge is 2.24. The molecule has 3 heterocycles. The lowest BCUT2D eigenvalue weighted by Gasteiger charge is -2.08. The third-order valence-corrected chi connectivity index (χ3v) is 4.88. The highest BCUT2D eigenvalue weighted by Crippen LogP contribution is 2.38. The average Bonchev–Trinajstić information content (AvgIpc) is 3.30. The number of carbonyl (C=O) groups excluding carboxylic acids is 1. The predicted octanol–water partition coefficient (Wildman–Crippen LogP) is 3.38. The molecule has 0 aromatic carbocycles. The molecule has 3 aromatic rings. The van der Waals surface area contributed by atoms with Crippen molar-refractivity contribution in [1.82, 2.24) is 15.0 Å². The lowest BCUT2D eigenvalue weighted by atomic mass is 10.1. The summed E-state index contributed by atoms with van der Waals surface area (Å²) >= 11 is 7.13. The SMILES string of the molecule is Nc1c(C=O)sc2nc(NC3CC3)nc(-c3ccc(Cl)nc3)c12. The van der Waals surface area contributed by atoms with Gasteiger partial charge in [0.25, 0.3) is 0 Å². The highest BCUT2D eigenvalue weighted by molar-refractivity contribution is 7.21. The third-order valence-electron chi connectivity index (χ3n) is 3.64. The van der Waals surface area contributed by atoms with Gasteiger partial charge in [-0.15, -0.1) is 11.3 Å². The van der Waals surface area contributed by atoms with Gasteiger partial charge in [0.05, 0.1) is 21.6 Å². The first-order chi connectivity index (χ1) is 11.2. The summed E-state index contributed by atoms with van der Waals surface area (Å²) in [4.78, 5) is 25.5. The summed E-state index contributed by atoms with van der Waals surface area (Å²) in [5.41, 5.74) is 7.96. The van der Waals surface area contributed by atoms with E-state index in [4.69, 9.17) is 17.3 Å². The van der Waals surface area contributed by atoms with Gasteiger partial charge in [0.2, 0.25) is 5.95 Å². The molecule has 8 heteroatoms. The molecule has 1 saturated carbocycles. The fourth-order valence-corrected chi connectivity index (χ4v) is 3.35. The molecule has 0 radical (unpaired) electrons. The maximum Gasteiger partial charge on any atom is 0.224 e. The number of thiophene rings is 1. The van der Waals surface area contributed by atoms with Crippen LogP contribution >= 0.6 is 22.9 Å². The van der Waals surface area contributed by atoms with Crippen LogP contribution in [0.2, 0.25) is 5.15 Å². The molecule has 1 aliphatic rings. The first-order valence-corrected chi connectivity index (χ1v) is 8.29. The highest BCUT2D eigenvalue weighted by atomic mass is 35.5. The molecule has 4 rings (SSSR count). The standard InChI is InChI=1S/C15H12ClN5OS/c16-10-4-1-7(5-18-10)13-11-12(17)9(6-22)23-14(11)21-15(20-13)19-8-2-3-8/h1,4-6,8H,2-3,17H2,(H,19,20,21). The second-order valence-electron chi connectivity index (χ2n) is 5.36. The van der Waals surface area contributed by atoms with Crippen LogP contribution in [0.15, 0.2) is 18.3 Å². The topological polar surface area (TPSA) is 93.8 Å². The lowest BCUT2D eigenvalue weighted by molar-refractivity contribution is 0.112. The molecule has 1 fully saturated rings. The average molecular weight is 346 g/mol. The van der Waals surface area contributed by atoms with Crippen LogP contribution in [0.5, 0.6) is 0 Å². The second kappa shape index (κ2) is 5.43. The van der Waals surface area contributed by atoms with Crippen LogP contribution in [0.25, 0.3) is 21.5 Å². The summed E-state index contributed by atoms with van der Waals surface area (Å²) in [6.07, 6.45) is 4.62. The Labute approximate surface area is 140 Å². The van der Waals surface area contributed by atoms with Gasteiger partial charge in [-0.1, -0.05) is 11.6 Å². The van der Waals surface area contributed by atoms with Gasteiger partial charge < -0.3 is 11.1 Å². The van der Waals surface area contributed by atoms with Crippen molar-refractivity contribution in [1.29, 1.82) is 0 Å². The molecule has 0 spiro atoms. The number of aldehydes is 1. The number of pyridine rings is 1. The molecule has 0 saturated heterocycles. The van der Waals surface area contributed by atoms with Crippen LogP contribution in [0.1, 0.15) is 22.5 Å². The zero-order chi connectivity index (χ0) is 16.0. The Balaban J connectivity index is 1.95. The molecule has 0 unspecified atom stereocenters. The van der Waals surface area contributed by atoms with Gasteiger partial charge in [0.15, 0.2) is 6.29 Å². The number of hydrogen-bond donors (Lipinski definition) is 2. The maximum absolute atomic E-state index is 11.2. The quantitative estimate of drug-likeness (QED) is 0.556. The molecule has 0 aliphatic heterocycles. The van der Waals surface area contributed by atoms with Crippen LogP contribution in [0, 0.1) is 0 Å². The van der Waals surface area contributed by atoms with E-state index in [-0.39, 0.29) is 0 Å². The summed E-state index contributed by atoms with van der Waals surface area (Å²) in [6, 6.07) is 3.95. The van der Waals surface area contributed by atoms with Crippen molar-refractivity contribution in [3.63, 3.8) is 0 Å². The first kappa shape index (κ1) is 14.3. The third kappa shape index (κ3) is 2.62. The number of carbonyl (C=O) groups is 1. The predicted molar refractivity (Wildman–Crippen MR) is 92.1 cm³/mol. The molecule has 0 amide bonds. The van der Waals surface area contributed by atoms with Gasteiger partial charge in [-0.3, -0.25) is 4.79 Å². The van der Waals surface area contributed by atoms with Crippen LogP contribution in [-0.4, -0.2) is 27.3 Å². The summed E-state index contributed by atoms with van der Waals surface area (Å²) < 4.78 is 0. The number of hydrogen-bond acceptors (Lipinski definition) is 7. The first-order valence-electron chi connectivity index (χ1n) is 7.09. The van der Waals surface area contributed by atoms with Crippen LogP contribution in [0.4, 0.5) is 11.6 Å². The van der Waals surface area contributed by atoms with Crippen molar-refractivity contribution in [2.75, 3.05) is 11.1 Å². The summed E-state index contributed by atoms with van der Waals surface area (Å²) in [5.74, 6) is 0.545. The molecule has 6 nitrogen and oxygen atoms in total. The maximum atomic E-state index is 11.2. The Kier molecular flexibility index (Phi) is 3.39. The summed E-state index contributed by atoms with van der Waals surface area (Å²) in [5, 5.41) is 4.37. The Morgan fingerprint density at radius 2 is 2.17 bits per heavy atom. The van der Waals surface area contributed by atoms with E-state index in [9.17, 15) is 4.79 Å². The smallest absolute Gasteiger partial charge is 0.224 e. The fourth-order valence-electron chi connectivity index (χ4n) is 2.33. The molecule has 3 aromatic heterocycles. The van der Waals surface area contributed by atoms with Gasteiger partial charge in [-0.05, 0) is 25.0 Å². The van der Waals surface area contributed by atoms with E-state index in [2.05, 4.69) is 20.3 Å². The number of aromatic nitrogens is 3. The zero-order valence-electron chi connectivity index (χ0n) is 11.9. The molecule has 1 aliphatic carbocycles. The Hall–Kier alpha value is -2.25. The number of nitrogens with zero attached hydrogens (tertiary/aromatic N) is 3. The number of nitrogens with one attached hydrogen (secondary N) is 1. The Bertz CT molecular complexity index is 904. The van der Waals surface area contributed by atoms with Crippen molar-refractivity contribution < 1.29 is 4.79 Å². The molecule has 23 heavy (non-hydrogen) atoms. The molecule has 116 valence electrons. The molecular formula is C15H12ClN5OS. The van der Waals surface area contributed by atoms with E-state index in [1.54, 1.807) is 12.3 Å². The molecule has 3 N–H and O–H groups in total. The number of rotatable bonds is 4. The van der Waals surface area contributed by atoms with Crippen molar-refractivity contribution in [2.45, 2.75) is 18.9 Å². The van der Waals surface area contributed by atoms with E-state index in [1.165, 1.54) is 11.3 Å². The van der Waals surface area contributed by atoms with Crippen molar-refractivity contribution in [3.05, 3.63) is 28.4 Å². The normalized spacial score (nSPS) is 14.1. The number of nitrogen functional groups attached to an aromatic ring is 1. The molecule has 0 bridgehead atoms. The Morgan fingerprint density at radius 1 is 1.35 bits per heavy atom. The van der Waals surface area contributed by atoms with Gasteiger partial charge in [-0.2, -0.15) is 0 Å². The largest absolute Gasteiger partial charge is 0.397 e. The van der Waals surface area contributed by atoms with Crippen LogP contribution < -0.4 is 11.1 Å². The minimum atomic E-state index is 0.405. The second-order valence-corrected chi connectivity index (χ2v) is 6.78. The summed E-state index contributed by atoms with van der Waals surface area (Å²) in [6.45, 7) is 0. The van der Waals surface area contributed by atoms with Crippen molar-refractivity contribution in [3.8, 4) is 11.3 Å². The Morgan fingerprint density at radius 3 is 2.83 bits per heavy atom. The van der Waals surface area contributed by atoms with Gasteiger partial charge in [0, 0.05) is 17.8 Å². The number of anilines is 2. The van der Waals surface area contributed by atoms with Gasteiger partial charge >= 0.3 is 0 Å². The zero-order valence-corrected chi connectivity index (χ0v) is 13.5. The lowest BCUT2D eigenvalue weighted by Crippen LogP contribution is -2.06. The summed E-state index contributed by atoms with van der Waals surface area (Å²) in [7, 11) is 0.